The van der Waals surface area contributed by atoms with E-state index in [-0.39, 0.29) is 10.6 Å². The van der Waals surface area contributed by atoms with E-state index < -0.39 is 0 Å². The number of hydrogen-bond donors (Lipinski definition) is 1. The van der Waals surface area contributed by atoms with E-state index in [1.165, 1.54) is 0 Å². The molecular weight excluding hydrogens is 228 g/mol. The van der Waals surface area contributed by atoms with Gasteiger partial charge >= 0.3 is 0 Å². The molecule has 0 atom stereocenters. The molecule has 4 heteroatoms. The largest absolute Gasteiger partial charge is 0.354 e. The second kappa shape index (κ2) is 3.57. The molecule has 3 rings (SSSR count). The first-order valence-corrected chi connectivity index (χ1v) is 5.74. The van der Waals surface area contributed by atoms with Crippen LogP contribution in [0.15, 0.2) is 30.3 Å². The summed E-state index contributed by atoms with van der Waals surface area (Å²) in [7, 11) is 0. The minimum Gasteiger partial charge on any atom is -0.354 e. The smallest absolute Gasteiger partial charge is 0.275 e. The van der Waals surface area contributed by atoms with Gasteiger partial charge in [0, 0.05) is 32.9 Å². The summed E-state index contributed by atoms with van der Waals surface area (Å²) >= 11 is 0. The fourth-order valence-electron chi connectivity index (χ4n) is 2.65. The fraction of sp³-hybridized carbons (Fsp3) is 0.143. The van der Waals surface area contributed by atoms with Gasteiger partial charge < -0.3 is 4.98 Å². The van der Waals surface area contributed by atoms with E-state index in [1.54, 1.807) is 6.92 Å². The molecule has 0 aliphatic heterocycles. The van der Waals surface area contributed by atoms with Crippen LogP contribution in [0.2, 0.25) is 0 Å². The van der Waals surface area contributed by atoms with Crippen molar-refractivity contribution in [3.05, 3.63) is 51.6 Å². The van der Waals surface area contributed by atoms with E-state index in [2.05, 4.69) is 4.98 Å². The molecule has 90 valence electrons. The maximum Gasteiger partial charge on any atom is 0.275 e. The van der Waals surface area contributed by atoms with E-state index in [9.17, 15) is 10.1 Å². The highest BCUT2D eigenvalue weighted by Crippen LogP contribution is 2.35. The number of hydrogen-bond acceptors (Lipinski definition) is 2. The first-order valence-electron chi connectivity index (χ1n) is 5.74. The zero-order chi connectivity index (χ0) is 12.9. The molecule has 0 radical (unpaired) electrons. The number of fused-ring (bicyclic) bond motifs is 3. The van der Waals surface area contributed by atoms with Crippen LogP contribution in [-0.2, 0) is 0 Å². The fourth-order valence-corrected chi connectivity index (χ4v) is 2.65. The molecule has 0 aliphatic rings. The van der Waals surface area contributed by atoms with Crippen LogP contribution in [0.5, 0.6) is 0 Å². The summed E-state index contributed by atoms with van der Waals surface area (Å²) < 4.78 is 0. The highest BCUT2D eigenvalue weighted by molar-refractivity contribution is 6.10. The Morgan fingerprint density at radius 3 is 2.61 bits per heavy atom. The average Bonchev–Trinajstić information content (AvgIpc) is 2.66. The SMILES string of the molecule is Cc1cc2[nH]c3ccccc3c2c(C)c1[N+](=O)[O-]. The number of nitrogens with zero attached hydrogens (tertiary/aromatic N) is 1. The Kier molecular flexibility index (Phi) is 2.13. The summed E-state index contributed by atoms with van der Waals surface area (Å²) in [5.74, 6) is 0. The second-order valence-corrected chi connectivity index (χ2v) is 4.52. The minimum absolute atomic E-state index is 0.215. The van der Waals surface area contributed by atoms with Gasteiger partial charge in [0.25, 0.3) is 5.69 Å². The molecule has 1 heterocycles. The summed E-state index contributed by atoms with van der Waals surface area (Å²) in [5, 5.41) is 13.1. The summed E-state index contributed by atoms with van der Waals surface area (Å²) in [6.45, 7) is 3.59. The van der Waals surface area contributed by atoms with E-state index >= 15 is 0 Å². The third-order valence-electron chi connectivity index (χ3n) is 3.38. The van der Waals surface area contributed by atoms with Crippen LogP contribution >= 0.6 is 0 Å². The highest BCUT2D eigenvalue weighted by Gasteiger charge is 2.19. The van der Waals surface area contributed by atoms with Crippen molar-refractivity contribution in [1.82, 2.24) is 4.98 Å². The van der Waals surface area contributed by atoms with Crippen molar-refractivity contribution in [2.75, 3.05) is 0 Å². The van der Waals surface area contributed by atoms with Gasteiger partial charge in [-0.25, -0.2) is 0 Å². The summed E-state index contributed by atoms with van der Waals surface area (Å²) in [4.78, 5) is 14.1. The van der Waals surface area contributed by atoms with Gasteiger partial charge in [-0.1, -0.05) is 18.2 Å². The Hall–Kier alpha value is -2.36. The van der Waals surface area contributed by atoms with Crippen molar-refractivity contribution >= 4 is 27.5 Å². The Balaban J connectivity index is 2.56. The number of rotatable bonds is 1. The van der Waals surface area contributed by atoms with Crippen LogP contribution in [0, 0.1) is 24.0 Å². The minimum atomic E-state index is -0.300. The van der Waals surface area contributed by atoms with Crippen LogP contribution < -0.4 is 0 Å². The van der Waals surface area contributed by atoms with E-state index in [4.69, 9.17) is 0 Å². The first kappa shape index (κ1) is 10.8. The molecule has 0 saturated carbocycles. The number of nitrogens with one attached hydrogen (secondary N) is 1. The van der Waals surface area contributed by atoms with Gasteiger partial charge in [-0.15, -0.1) is 0 Å². The van der Waals surface area contributed by atoms with Crippen LogP contribution in [0.1, 0.15) is 11.1 Å². The number of para-hydroxylation sites is 1. The van der Waals surface area contributed by atoms with Gasteiger partial charge in [0.15, 0.2) is 0 Å². The highest BCUT2D eigenvalue weighted by atomic mass is 16.6. The van der Waals surface area contributed by atoms with Crippen molar-refractivity contribution in [2.24, 2.45) is 0 Å². The predicted molar refractivity (Wildman–Crippen MR) is 71.9 cm³/mol. The van der Waals surface area contributed by atoms with E-state index in [1.807, 2.05) is 37.3 Å². The summed E-state index contributed by atoms with van der Waals surface area (Å²) in [5.41, 5.74) is 3.60. The van der Waals surface area contributed by atoms with E-state index in [0.717, 1.165) is 27.4 Å². The third-order valence-corrected chi connectivity index (χ3v) is 3.38. The molecule has 0 bridgehead atoms. The zero-order valence-corrected chi connectivity index (χ0v) is 10.2. The molecule has 1 aromatic heterocycles. The van der Waals surface area contributed by atoms with Crippen molar-refractivity contribution < 1.29 is 4.92 Å². The molecule has 18 heavy (non-hydrogen) atoms. The molecule has 0 saturated heterocycles. The number of nitro groups is 1. The first-order chi connectivity index (χ1) is 8.59. The lowest BCUT2D eigenvalue weighted by molar-refractivity contribution is -0.385. The summed E-state index contributed by atoms with van der Waals surface area (Å²) in [6.07, 6.45) is 0. The molecule has 0 spiro atoms. The van der Waals surface area contributed by atoms with Crippen molar-refractivity contribution in [2.45, 2.75) is 13.8 Å². The molecule has 4 nitrogen and oxygen atoms in total. The van der Waals surface area contributed by atoms with Gasteiger partial charge in [0.1, 0.15) is 0 Å². The Morgan fingerprint density at radius 1 is 1.17 bits per heavy atom. The lowest BCUT2D eigenvalue weighted by Crippen LogP contribution is -1.95. The van der Waals surface area contributed by atoms with Crippen LogP contribution in [0.4, 0.5) is 5.69 Å². The number of aryl methyl sites for hydroxylation is 2. The van der Waals surface area contributed by atoms with Crippen molar-refractivity contribution in [3.8, 4) is 0 Å². The Morgan fingerprint density at radius 2 is 1.89 bits per heavy atom. The number of aromatic amines is 1. The molecule has 0 unspecified atom stereocenters. The zero-order valence-electron chi connectivity index (χ0n) is 10.2. The van der Waals surface area contributed by atoms with Crippen LogP contribution in [0.25, 0.3) is 21.8 Å². The lowest BCUT2D eigenvalue weighted by atomic mass is 10.0. The standard InChI is InChI=1S/C14H12N2O2/c1-8-7-12-13(9(2)14(8)16(17)18)10-5-3-4-6-11(10)15-12/h3-7,15H,1-2H3. The van der Waals surface area contributed by atoms with Crippen LogP contribution in [-0.4, -0.2) is 9.91 Å². The van der Waals surface area contributed by atoms with Crippen LogP contribution in [0.3, 0.4) is 0 Å². The van der Waals surface area contributed by atoms with Gasteiger partial charge in [-0.05, 0) is 26.0 Å². The molecule has 2 aromatic carbocycles. The number of aromatic nitrogens is 1. The van der Waals surface area contributed by atoms with Crippen molar-refractivity contribution in [1.29, 1.82) is 0 Å². The average molecular weight is 240 g/mol. The molecule has 0 amide bonds. The number of nitro benzene ring substituents is 1. The van der Waals surface area contributed by atoms with Gasteiger partial charge in [0.05, 0.1) is 4.92 Å². The third kappa shape index (κ3) is 1.32. The molecule has 0 aliphatic carbocycles. The summed E-state index contributed by atoms with van der Waals surface area (Å²) in [6, 6.07) is 9.71. The van der Waals surface area contributed by atoms with Gasteiger partial charge in [-0.3, -0.25) is 10.1 Å². The Labute approximate surface area is 103 Å². The second-order valence-electron chi connectivity index (χ2n) is 4.52. The monoisotopic (exact) mass is 240 g/mol. The van der Waals surface area contributed by atoms with E-state index in [0.29, 0.717) is 5.56 Å². The topological polar surface area (TPSA) is 58.9 Å². The van der Waals surface area contributed by atoms with Gasteiger partial charge in [0.2, 0.25) is 0 Å². The molecule has 0 fully saturated rings. The number of H-pyrrole nitrogens is 1. The van der Waals surface area contributed by atoms with Gasteiger partial charge in [-0.2, -0.15) is 0 Å². The number of benzene rings is 2. The Bertz CT molecular complexity index is 787. The quantitative estimate of drug-likeness (QED) is 0.518. The maximum absolute atomic E-state index is 11.1. The lowest BCUT2D eigenvalue weighted by Gasteiger charge is -2.03. The molecule has 3 aromatic rings. The molecule has 1 N–H and O–H groups in total. The predicted octanol–water partition coefficient (Wildman–Crippen LogP) is 3.85. The normalized spacial score (nSPS) is 11.2. The van der Waals surface area contributed by atoms with Crippen molar-refractivity contribution in [3.63, 3.8) is 0 Å². The molecular formula is C14H12N2O2. The maximum atomic E-state index is 11.1.